The van der Waals surface area contributed by atoms with Gasteiger partial charge in [-0.1, -0.05) is 127 Å². The van der Waals surface area contributed by atoms with Crippen LogP contribution in [0.5, 0.6) is 0 Å². The van der Waals surface area contributed by atoms with Gasteiger partial charge in [0.1, 0.15) is 41.9 Å². The number of nitrogens with zero attached hydrogens (tertiary/aromatic N) is 1. The van der Waals surface area contributed by atoms with Gasteiger partial charge in [0.05, 0.1) is 19.2 Å². The molecule has 1 aliphatic rings. The second kappa shape index (κ2) is 33.8. The van der Waals surface area contributed by atoms with E-state index in [0.29, 0.717) is 12.8 Å². The number of aliphatic hydroxyl groups excluding tert-OH is 1. The number of primary amides is 1. The van der Waals surface area contributed by atoms with Gasteiger partial charge in [-0.05, 0) is 69.6 Å². The van der Waals surface area contributed by atoms with Crippen molar-refractivity contribution in [2.75, 3.05) is 13.2 Å². The summed E-state index contributed by atoms with van der Waals surface area (Å²) in [5, 5.41) is 26.4. The van der Waals surface area contributed by atoms with E-state index in [1.165, 1.54) is 56.8 Å². The highest BCUT2D eigenvalue weighted by molar-refractivity contribution is 5.98. The number of aliphatic hydroxyl groups is 1. The lowest BCUT2D eigenvalue weighted by Gasteiger charge is -2.34. The Morgan fingerprint density at radius 2 is 1.12 bits per heavy atom. The van der Waals surface area contributed by atoms with Gasteiger partial charge in [0.2, 0.25) is 47.3 Å². The summed E-state index contributed by atoms with van der Waals surface area (Å²) in [6.45, 7) is 20.8. The van der Waals surface area contributed by atoms with Gasteiger partial charge in [0.25, 0.3) is 0 Å². The highest BCUT2D eigenvalue weighted by atomic mass is 16.5. The van der Waals surface area contributed by atoms with Crippen LogP contribution in [-0.2, 0) is 47.9 Å². The minimum atomic E-state index is -1.44. The average Bonchev–Trinajstić information content (AvgIpc) is 3.69. The molecule has 0 radical (unpaired) electrons. The van der Waals surface area contributed by atoms with Gasteiger partial charge in [-0.2, -0.15) is 0 Å². The summed E-state index contributed by atoms with van der Waals surface area (Å²) in [7, 11) is 0. The van der Waals surface area contributed by atoms with E-state index in [1.807, 2.05) is 41.5 Å². The first kappa shape index (κ1) is 65.2. The Hall–Kier alpha value is -4.81. The molecular formula is C53H96N8O11. The number of rotatable bonds is 36. The molecule has 1 heterocycles. The highest BCUT2D eigenvalue weighted by Gasteiger charge is 2.47. The standard InChI is InChI=1S/C53H96N8O11/c1-13-14-15-16-17-18-19-20-21-22-23-24-45(65)60-53(11,12)52(71)61-31-39(72-37(10)63)30-43(61)50(69)58-42(29-35(6)7)49(68)59-46(36(8)9)51(70)56-40(25-26-44(54)64)47(66)57-41(28-34(4)5)48(67)55-38(32-62)27-33(2)3/h33-36,38-43,46,62H,13-32H2,1-12H3,(H2,54,64)(H,55,67)(H,56,70)(H,57,66)(H,58,69)(H,59,68)(H,60,65)/t38?,39?,40-,41-,42-,43-,46-/m0/s1. The van der Waals surface area contributed by atoms with Gasteiger partial charge in [0, 0.05) is 26.2 Å². The number of hydrogen-bond acceptors (Lipinski definition) is 11. The summed E-state index contributed by atoms with van der Waals surface area (Å²) in [6, 6.07) is -6.60. The molecule has 0 spiro atoms. The van der Waals surface area contributed by atoms with Gasteiger partial charge in [0.15, 0.2) is 0 Å². The molecule has 414 valence electrons. The fraction of sp³-hybridized carbons (Fsp3) is 0.830. The van der Waals surface area contributed by atoms with Crippen LogP contribution in [0.25, 0.3) is 0 Å². The molecule has 0 aromatic heterocycles. The quantitative estimate of drug-likeness (QED) is 0.0317. The minimum absolute atomic E-state index is 0.0435. The molecule has 1 aliphatic heterocycles. The topological polar surface area (TPSA) is 285 Å². The first-order valence-electron chi connectivity index (χ1n) is 26.9. The third-order valence-electron chi connectivity index (χ3n) is 12.7. The Morgan fingerprint density at radius 3 is 1.61 bits per heavy atom. The van der Waals surface area contributed by atoms with Crippen molar-refractivity contribution in [2.45, 2.75) is 247 Å². The third kappa shape index (κ3) is 25.7. The van der Waals surface area contributed by atoms with Crippen LogP contribution in [0.15, 0.2) is 0 Å². The van der Waals surface area contributed by atoms with Crippen molar-refractivity contribution >= 4 is 53.2 Å². The van der Waals surface area contributed by atoms with Crippen LogP contribution in [0.2, 0.25) is 0 Å². The number of carbonyl (C=O) groups is 9. The van der Waals surface area contributed by atoms with Crippen molar-refractivity contribution in [1.82, 2.24) is 36.8 Å². The van der Waals surface area contributed by atoms with Crippen LogP contribution in [0.3, 0.4) is 0 Å². The maximum absolute atomic E-state index is 14.3. The Bertz CT molecular complexity index is 1740. The number of carbonyl (C=O) groups excluding carboxylic acids is 9. The number of nitrogens with two attached hydrogens (primary N) is 1. The van der Waals surface area contributed by atoms with Crippen LogP contribution >= 0.6 is 0 Å². The lowest BCUT2D eigenvalue weighted by Crippen LogP contribution is -2.61. The predicted molar refractivity (Wildman–Crippen MR) is 277 cm³/mol. The van der Waals surface area contributed by atoms with Crippen LogP contribution in [0.4, 0.5) is 0 Å². The molecule has 0 saturated carbocycles. The molecule has 1 saturated heterocycles. The Kier molecular flexibility index (Phi) is 30.6. The van der Waals surface area contributed by atoms with E-state index >= 15 is 0 Å². The summed E-state index contributed by atoms with van der Waals surface area (Å²) in [4.78, 5) is 123. The zero-order valence-electron chi connectivity index (χ0n) is 46.0. The van der Waals surface area contributed by atoms with E-state index in [4.69, 9.17) is 10.5 Å². The van der Waals surface area contributed by atoms with Gasteiger partial charge in [-0.15, -0.1) is 0 Å². The number of esters is 1. The number of amides is 8. The summed E-state index contributed by atoms with van der Waals surface area (Å²) in [5.74, 6) is -6.26. The van der Waals surface area contributed by atoms with Crippen LogP contribution in [0, 0.1) is 23.7 Å². The number of ether oxygens (including phenoxy) is 1. The van der Waals surface area contributed by atoms with Crippen molar-refractivity contribution < 1.29 is 53.0 Å². The molecule has 0 aromatic carbocycles. The molecule has 8 amide bonds. The van der Waals surface area contributed by atoms with E-state index in [0.717, 1.165) is 19.3 Å². The van der Waals surface area contributed by atoms with Gasteiger partial charge in [-0.25, -0.2) is 0 Å². The molecule has 7 atom stereocenters. The van der Waals surface area contributed by atoms with Crippen LogP contribution in [0.1, 0.15) is 199 Å². The van der Waals surface area contributed by atoms with Crippen molar-refractivity contribution in [3.8, 4) is 0 Å². The molecule has 72 heavy (non-hydrogen) atoms. The Labute approximate surface area is 430 Å². The summed E-state index contributed by atoms with van der Waals surface area (Å²) in [5.41, 5.74) is 4.01. The lowest BCUT2D eigenvalue weighted by molar-refractivity contribution is -0.148. The van der Waals surface area contributed by atoms with E-state index in [2.05, 4.69) is 38.8 Å². The van der Waals surface area contributed by atoms with Crippen molar-refractivity contribution in [3.05, 3.63) is 0 Å². The van der Waals surface area contributed by atoms with E-state index in [1.54, 1.807) is 27.7 Å². The smallest absolute Gasteiger partial charge is 0.302 e. The normalized spacial score (nSPS) is 16.9. The molecule has 19 heteroatoms. The SMILES string of the molecule is CCCCCCCCCCCCCC(=O)NC(C)(C)C(=O)N1CC(OC(C)=O)C[C@H]1C(=O)N[C@@H](CC(C)C)C(=O)N[C@H](C(=O)N[C@@H](CCC(N)=O)C(=O)N[C@@H](CC(C)C)C(=O)NC(CO)CC(C)C)C(C)C. The van der Waals surface area contributed by atoms with Crippen LogP contribution in [-0.4, -0.2) is 124 Å². The third-order valence-corrected chi connectivity index (χ3v) is 12.7. The molecule has 9 N–H and O–H groups in total. The number of hydrogen-bond donors (Lipinski definition) is 8. The van der Waals surface area contributed by atoms with Crippen LogP contribution < -0.4 is 37.6 Å². The molecule has 2 unspecified atom stereocenters. The van der Waals surface area contributed by atoms with E-state index < -0.39 is 101 Å². The van der Waals surface area contributed by atoms with Gasteiger partial charge in [-0.3, -0.25) is 43.2 Å². The highest BCUT2D eigenvalue weighted by Crippen LogP contribution is 2.25. The number of likely N-dealkylation sites (tertiary alicyclic amines) is 1. The molecule has 0 aromatic rings. The minimum Gasteiger partial charge on any atom is -0.461 e. The summed E-state index contributed by atoms with van der Waals surface area (Å²) in [6.07, 6.45) is 12.1. The monoisotopic (exact) mass is 1020 g/mol. The largest absolute Gasteiger partial charge is 0.461 e. The second-order valence-corrected chi connectivity index (χ2v) is 22.1. The van der Waals surface area contributed by atoms with Gasteiger partial charge < -0.3 is 52.4 Å². The molecule has 1 rings (SSSR count). The maximum Gasteiger partial charge on any atom is 0.302 e. The van der Waals surface area contributed by atoms with E-state index in [-0.39, 0.29) is 75.3 Å². The molecule has 0 bridgehead atoms. The number of unbranched alkanes of at least 4 members (excludes halogenated alkanes) is 10. The molecule has 19 nitrogen and oxygen atoms in total. The van der Waals surface area contributed by atoms with Gasteiger partial charge >= 0.3 is 5.97 Å². The summed E-state index contributed by atoms with van der Waals surface area (Å²) >= 11 is 0. The average molecular weight is 1020 g/mol. The Morgan fingerprint density at radius 1 is 0.639 bits per heavy atom. The first-order valence-corrected chi connectivity index (χ1v) is 26.9. The molecular weight excluding hydrogens is 925 g/mol. The summed E-state index contributed by atoms with van der Waals surface area (Å²) < 4.78 is 5.46. The zero-order chi connectivity index (χ0) is 54.7. The molecule has 1 fully saturated rings. The second-order valence-electron chi connectivity index (χ2n) is 22.1. The number of nitrogens with one attached hydrogen (secondary N) is 6. The van der Waals surface area contributed by atoms with Crippen molar-refractivity contribution in [2.24, 2.45) is 29.4 Å². The first-order chi connectivity index (χ1) is 33.7. The van der Waals surface area contributed by atoms with E-state index in [9.17, 15) is 48.3 Å². The maximum atomic E-state index is 14.3. The lowest BCUT2D eigenvalue weighted by atomic mass is 9.98. The predicted octanol–water partition coefficient (Wildman–Crippen LogP) is 4.59. The molecule has 0 aliphatic carbocycles. The van der Waals surface area contributed by atoms with Crippen molar-refractivity contribution in [1.29, 1.82) is 0 Å². The van der Waals surface area contributed by atoms with Crippen molar-refractivity contribution in [3.63, 3.8) is 0 Å². The zero-order valence-corrected chi connectivity index (χ0v) is 46.0. The Balaban J connectivity index is 3.24. The fourth-order valence-corrected chi connectivity index (χ4v) is 8.97. The fourth-order valence-electron chi connectivity index (χ4n) is 8.97.